The maximum Gasteiger partial charge on any atom is 0.237 e. The van der Waals surface area contributed by atoms with E-state index in [1.807, 2.05) is 18.2 Å². The van der Waals surface area contributed by atoms with E-state index >= 15 is 0 Å². The molecule has 3 rings (SSSR count). The van der Waals surface area contributed by atoms with Gasteiger partial charge < -0.3 is 0 Å². The van der Waals surface area contributed by atoms with E-state index in [0.29, 0.717) is 6.42 Å². The Hall–Kier alpha value is -1.97. The summed E-state index contributed by atoms with van der Waals surface area (Å²) in [7, 11) is 0. The quantitative estimate of drug-likeness (QED) is 0.555. The highest BCUT2D eigenvalue weighted by atomic mass is 16.2. The first-order valence-corrected chi connectivity index (χ1v) is 4.38. The van der Waals surface area contributed by atoms with E-state index in [1.54, 1.807) is 17.3 Å². The van der Waals surface area contributed by atoms with Crippen LogP contribution >= 0.6 is 0 Å². The molecule has 0 saturated heterocycles. The minimum absolute atomic E-state index is 0.0496. The average molecular weight is 185 g/mol. The number of rotatable bonds is 0. The smallest absolute Gasteiger partial charge is 0.237 e. The van der Waals surface area contributed by atoms with Gasteiger partial charge in [-0.1, -0.05) is 6.08 Å². The number of amides is 1. The van der Waals surface area contributed by atoms with Crippen molar-refractivity contribution in [3.8, 4) is 0 Å². The van der Waals surface area contributed by atoms with Crippen LogP contribution in [0.1, 0.15) is 6.42 Å². The predicted octanol–water partition coefficient (Wildman–Crippen LogP) is 0.997. The molecular formula is C10H7N3O. The van der Waals surface area contributed by atoms with Gasteiger partial charge >= 0.3 is 0 Å². The largest absolute Gasteiger partial charge is 0.287 e. The molecule has 0 aromatic carbocycles. The minimum Gasteiger partial charge on any atom is -0.287 e. The SMILES string of the molecule is O=C1CC2=NN=CC2=C2C=CC=CN12. The second kappa shape index (κ2) is 2.51. The van der Waals surface area contributed by atoms with Crippen LogP contribution in [0.3, 0.4) is 0 Å². The maximum atomic E-state index is 11.6. The molecule has 0 spiro atoms. The van der Waals surface area contributed by atoms with Gasteiger partial charge in [0.2, 0.25) is 5.91 Å². The summed E-state index contributed by atoms with van der Waals surface area (Å²) in [4.78, 5) is 13.3. The van der Waals surface area contributed by atoms with Crippen molar-refractivity contribution in [2.45, 2.75) is 6.42 Å². The number of carbonyl (C=O) groups excluding carboxylic acids is 1. The lowest BCUT2D eigenvalue weighted by molar-refractivity contribution is -0.125. The summed E-state index contributed by atoms with van der Waals surface area (Å²) < 4.78 is 0. The Morgan fingerprint density at radius 3 is 3.21 bits per heavy atom. The second-order valence-electron chi connectivity index (χ2n) is 3.23. The van der Waals surface area contributed by atoms with E-state index in [-0.39, 0.29) is 5.91 Å². The molecule has 3 aliphatic heterocycles. The lowest BCUT2D eigenvalue weighted by atomic mass is 9.99. The fourth-order valence-electron chi connectivity index (χ4n) is 1.74. The lowest BCUT2D eigenvalue weighted by Gasteiger charge is -2.27. The van der Waals surface area contributed by atoms with E-state index in [2.05, 4.69) is 10.2 Å². The van der Waals surface area contributed by atoms with E-state index in [0.717, 1.165) is 17.0 Å². The first kappa shape index (κ1) is 7.44. The van der Waals surface area contributed by atoms with Gasteiger partial charge in [-0.2, -0.15) is 10.2 Å². The summed E-state index contributed by atoms with van der Waals surface area (Å²) in [6, 6.07) is 0. The molecule has 4 heteroatoms. The molecule has 3 heterocycles. The van der Waals surface area contributed by atoms with Gasteiger partial charge in [0.05, 0.1) is 24.0 Å². The molecule has 0 aliphatic carbocycles. The van der Waals surface area contributed by atoms with Crippen LogP contribution in [0.4, 0.5) is 0 Å². The van der Waals surface area contributed by atoms with Crippen LogP contribution in [0.15, 0.2) is 45.9 Å². The van der Waals surface area contributed by atoms with Crippen LogP contribution in [-0.4, -0.2) is 22.7 Å². The third kappa shape index (κ3) is 0.849. The van der Waals surface area contributed by atoms with Gasteiger partial charge in [-0.25, -0.2) is 0 Å². The molecule has 1 amide bonds. The van der Waals surface area contributed by atoms with Crippen molar-refractivity contribution in [3.05, 3.63) is 35.7 Å². The summed E-state index contributed by atoms with van der Waals surface area (Å²) >= 11 is 0. The fourth-order valence-corrected chi connectivity index (χ4v) is 1.74. The molecule has 0 fully saturated rings. The Morgan fingerprint density at radius 1 is 1.36 bits per heavy atom. The zero-order chi connectivity index (χ0) is 9.54. The molecule has 0 bridgehead atoms. The van der Waals surface area contributed by atoms with Crippen LogP contribution in [0.25, 0.3) is 0 Å². The molecular weight excluding hydrogens is 178 g/mol. The Bertz CT molecular complexity index is 466. The predicted molar refractivity (Wildman–Crippen MR) is 52.7 cm³/mol. The topological polar surface area (TPSA) is 45.0 Å². The first-order chi connectivity index (χ1) is 6.86. The molecule has 68 valence electrons. The molecule has 14 heavy (non-hydrogen) atoms. The Morgan fingerprint density at radius 2 is 2.29 bits per heavy atom. The Balaban J connectivity index is 2.22. The third-order valence-electron chi connectivity index (χ3n) is 2.40. The molecule has 4 nitrogen and oxygen atoms in total. The minimum atomic E-state index is 0.0496. The molecule has 0 N–H and O–H groups in total. The summed E-state index contributed by atoms with van der Waals surface area (Å²) in [5, 5.41) is 7.74. The number of hydrogen-bond donors (Lipinski definition) is 0. The monoisotopic (exact) mass is 185 g/mol. The van der Waals surface area contributed by atoms with Gasteiger partial charge in [-0.05, 0) is 12.2 Å². The van der Waals surface area contributed by atoms with Crippen molar-refractivity contribution in [3.63, 3.8) is 0 Å². The van der Waals surface area contributed by atoms with Crippen LogP contribution in [0.5, 0.6) is 0 Å². The fraction of sp³-hybridized carbons (Fsp3) is 0.100. The summed E-state index contributed by atoms with van der Waals surface area (Å²) in [6.45, 7) is 0. The van der Waals surface area contributed by atoms with Crippen molar-refractivity contribution in [1.29, 1.82) is 0 Å². The summed E-state index contributed by atoms with van der Waals surface area (Å²) in [5.74, 6) is 0.0496. The molecule has 0 atom stereocenters. The number of hydrogen-bond acceptors (Lipinski definition) is 3. The van der Waals surface area contributed by atoms with Gasteiger partial charge in [0.15, 0.2) is 0 Å². The number of fused-ring (bicyclic) bond motifs is 2. The summed E-state index contributed by atoms with van der Waals surface area (Å²) in [5.41, 5.74) is 2.62. The molecule has 3 aliphatic rings. The highest BCUT2D eigenvalue weighted by molar-refractivity contribution is 6.26. The van der Waals surface area contributed by atoms with Crippen LogP contribution in [-0.2, 0) is 4.79 Å². The zero-order valence-electron chi connectivity index (χ0n) is 7.34. The lowest BCUT2D eigenvalue weighted by Crippen LogP contribution is -2.34. The van der Waals surface area contributed by atoms with E-state index in [9.17, 15) is 4.79 Å². The van der Waals surface area contributed by atoms with Gasteiger partial charge in [-0.15, -0.1) is 0 Å². The van der Waals surface area contributed by atoms with Gasteiger partial charge in [0, 0.05) is 11.8 Å². The van der Waals surface area contributed by atoms with Gasteiger partial charge in [0.1, 0.15) is 0 Å². The number of carbonyl (C=O) groups is 1. The molecule has 0 aromatic heterocycles. The molecule has 0 aromatic rings. The standard InChI is InChI=1S/C10H7N3O/c14-10-5-8-7(6-11-12-8)9-3-1-2-4-13(9)10/h1-4,6H,5H2. The Kier molecular flexibility index (Phi) is 1.33. The van der Waals surface area contributed by atoms with Crippen LogP contribution in [0, 0.1) is 0 Å². The van der Waals surface area contributed by atoms with E-state index in [1.165, 1.54) is 0 Å². The highest BCUT2D eigenvalue weighted by Gasteiger charge is 2.30. The van der Waals surface area contributed by atoms with Crippen molar-refractivity contribution in [2.24, 2.45) is 10.2 Å². The average Bonchev–Trinajstić information content (AvgIpc) is 2.66. The van der Waals surface area contributed by atoms with E-state index < -0.39 is 0 Å². The molecule has 0 radical (unpaired) electrons. The van der Waals surface area contributed by atoms with Crippen LogP contribution < -0.4 is 0 Å². The second-order valence-corrected chi connectivity index (χ2v) is 3.23. The van der Waals surface area contributed by atoms with Gasteiger partial charge in [0.25, 0.3) is 0 Å². The number of allylic oxidation sites excluding steroid dienone is 4. The first-order valence-electron chi connectivity index (χ1n) is 4.38. The molecule has 0 saturated carbocycles. The number of nitrogens with zero attached hydrogens (tertiary/aromatic N) is 3. The normalized spacial score (nSPS) is 22.7. The third-order valence-corrected chi connectivity index (χ3v) is 2.40. The maximum absolute atomic E-state index is 11.6. The van der Waals surface area contributed by atoms with Gasteiger partial charge in [-0.3, -0.25) is 9.69 Å². The Labute approximate surface area is 80.6 Å². The van der Waals surface area contributed by atoms with Crippen LogP contribution in [0.2, 0.25) is 0 Å². The van der Waals surface area contributed by atoms with Crippen molar-refractivity contribution in [2.75, 3.05) is 0 Å². The zero-order valence-corrected chi connectivity index (χ0v) is 7.34. The van der Waals surface area contributed by atoms with Crippen molar-refractivity contribution < 1.29 is 4.79 Å². The highest BCUT2D eigenvalue weighted by Crippen LogP contribution is 2.26. The van der Waals surface area contributed by atoms with Crippen molar-refractivity contribution in [1.82, 2.24) is 4.90 Å². The summed E-state index contributed by atoms with van der Waals surface area (Å²) in [6.07, 6.45) is 9.47. The molecule has 0 unspecified atom stereocenters. The van der Waals surface area contributed by atoms with Crippen molar-refractivity contribution >= 4 is 17.8 Å². The van der Waals surface area contributed by atoms with E-state index in [4.69, 9.17) is 0 Å².